The monoisotopic (exact) mass is 396 g/mol. The second-order valence-electron chi connectivity index (χ2n) is 7.04. The van der Waals surface area contributed by atoms with Crippen molar-refractivity contribution in [2.24, 2.45) is 0 Å². The summed E-state index contributed by atoms with van der Waals surface area (Å²) < 4.78 is 17.7. The zero-order chi connectivity index (χ0) is 20.5. The lowest BCUT2D eigenvalue weighted by atomic mass is 10.2. The van der Waals surface area contributed by atoms with Gasteiger partial charge in [-0.1, -0.05) is 0 Å². The Kier molecular flexibility index (Phi) is 5.08. The molecule has 8 heteroatoms. The van der Waals surface area contributed by atoms with Crippen molar-refractivity contribution in [3.05, 3.63) is 45.5 Å². The Morgan fingerprint density at radius 3 is 2.59 bits per heavy atom. The van der Waals surface area contributed by atoms with Crippen LogP contribution in [-0.2, 0) is 25.8 Å². The molecule has 0 N–H and O–H groups in total. The largest absolute Gasteiger partial charge is 0.493 e. The lowest BCUT2D eigenvalue weighted by molar-refractivity contribution is 0.326. The highest BCUT2D eigenvalue weighted by atomic mass is 16.5. The number of aryl methyl sites for hydroxylation is 4. The van der Waals surface area contributed by atoms with Gasteiger partial charge in [-0.15, -0.1) is 0 Å². The van der Waals surface area contributed by atoms with Gasteiger partial charge in [-0.25, -0.2) is 15.0 Å². The quantitative estimate of drug-likeness (QED) is 0.631. The molecule has 0 amide bonds. The van der Waals surface area contributed by atoms with Gasteiger partial charge in [-0.05, 0) is 37.8 Å². The Morgan fingerprint density at radius 2 is 1.86 bits per heavy atom. The van der Waals surface area contributed by atoms with Gasteiger partial charge in [0, 0.05) is 24.4 Å². The van der Waals surface area contributed by atoms with Crippen molar-refractivity contribution >= 4 is 10.9 Å². The van der Waals surface area contributed by atoms with E-state index in [0.29, 0.717) is 41.1 Å². The molecule has 4 rings (SSSR count). The maximum Gasteiger partial charge on any atom is 0.261 e. The van der Waals surface area contributed by atoms with Crippen LogP contribution >= 0.6 is 0 Å². The molecule has 0 bridgehead atoms. The van der Waals surface area contributed by atoms with Crippen LogP contribution < -0.4 is 19.8 Å². The van der Waals surface area contributed by atoms with Gasteiger partial charge in [0.05, 0.1) is 33.0 Å². The minimum atomic E-state index is -0.174. The Labute approximate surface area is 168 Å². The molecule has 0 radical (unpaired) electrons. The van der Waals surface area contributed by atoms with E-state index in [0.717, 1.165) is 36.5 Å². The highest BCUT2D eigenvalue weighted by molar-refractivity contribution is 5.89. The van der Waals surface area contributed by atoms with Gasteiger partial charge in [0.1, 0.15) is 11.3 Å². The third-order valence-electron chi connectivity index (χ3n) is 5.38. The molecule has 0 aliphatic heterocycles. The summed E-state index contributed by atoms with van der Waals surface area (Å²) in [6, 6.07) is 1.64. The van der Waals surface area contributed by atoms with Gasteiger partial charge in [0.15, 0.2) is 11.5 Å². The van der Waals surface area contributed by atoms with Crippen LogP contribution in [0, 0.1) is 6.92 Å². The van der Waals surface area contributed by atoms with Crippen LogP contribution in [0.3, 0.4) is 0 Å². The van der Waals surface area contributed by atoms with E-state index < -0.39 is 0 Å². The van der Waals surface area contributed by atoms with E-state index in [4.69, 9.17) is 19.2 Å². The van der Waals surface area contributed by atoms with Crippen molar-refractivity contribution in [3.8, 4) is 17.2 Å². The number of ether oxygens (including phenoxy) is 3. The SMILES string of the molecule is COc1cc2c(=O)n(CCc3nc(C)c4c(n3)CCC4)cnc2c(OC)c1OC. The Morgan fingerprint density at radius 1 is 1.07 bits per heavy atom. The molecule has 0 unspecified atom stereocenters. The molecule has 0 spiro atoms. The molecule has 1 aromatic carbocycles. The first kappa shape index (κ1) is 19.2. The van der Waals surface area contributed by atoms with Crippen LogP contribution in [0.2, 0.25) is 0 Å². The highest BCUT2D eigenvalue weighted by Gasteiger charge is 2.20. The number of aromatic nitrogens is 4. The summed E-state index contributed by atoms with van der Waals surface area (Å²) in [6.07, 6.45) is 5.29. The standard InChI is InChI=1S/C21H24N4O4/c1-12-13-6-5-7-15(13)24-17(23-12)8-9-25-11-22-18-14(21(25)26)10-16(27-2)19(28-3)20(18)29-4/h10-11H,5-9H2,1-4H3. The van der Waals surface area contributed by atoms with E-state index in [1.807, 2.05) is 6.92 Å². The summed E-state index contributed by atoms with van der Waals surface area (Å²) in [5.41, 5.74) is 3.75. The number of nitrogens with zero attached hydrogens (tertiary/aromatic N) is 4. The van der Waals surface area contributed by atoms with Crippen LogP contribution in [0.5, 0.6) is 17.2 Å². The summed E-state index contributed by atoms with van der Waals surface area (Å²) in [6.45, 7) is 2.47. The molecule has 2 heterocycles. The fraction of sp³-hybridized carbons (Fsp3) is 0.429. The number of hydrogen-bond acceptors (Lipinski definition) is 7. The van der Waals surface area contributed by atoms with E-state index in [1.165, 1.54) is 33.2 Å². The highest BCUT2D eigenvalue weighted by Crippen LogP contribution is 2.41. The van der Waals surface area contributed by atoms with E-state index >= 15 is 0 Å². The third-order valence-corrected chi connectivity index (χ3v) is 5.38. The summed E-state index contributed by atoms with van der Waals surface area (Å²) in [5, 5.41) is 0.410. The molecular formula is C21H24N4O4. The summed E-state index contributed by atoms with van der Waals surface area (Å²) in [5.74, 6) is 1.98. The molecule has 1 aliphatic rings. The van der Waals surface area contributed by atoms with Gasteiger partial charge >= 0.3 is 0 Å². The van der Waals surface area contributed by atoms with Crippen LogP contribution in [-0.4, -0.2) is 40.8 Å². The van der Waals surface area contributed by atoms with Crippen LogP contribution in [0.4, 0.5) is 0 Å². The normalized spacial score (nSPS) is 12.8. The van der Waals surface area contributed by atoms with Crippen molar-refractivity contribution in [2.45, 2.75) is 39.2 Å². The Bertz CT molecular complexity index is 1140. The average molecular weight is 396 g/mol. The first-order chi connectivity index (χ1) is 14.1. The molecule has 0 atom stereocenters. The smallest absolute Gasteiger partial charge is 0.261 e. The second-order valence-corrected chi connectivity index (χ2v) is 7.04. The van der Waals surface area contributed by atoms with Crippen molar-refractivity contribution in [3.63, 3.8) is 0 Å². The van der Waals surface area contributed by atoms with E-state index in [1.54, 1.807) is 10.6 Å². The third kappa shape index (κ3) is 3.28. The fourth-order valence-electron chi connectivity index (χ4n) is 3.94. The molecule has 3 aromatic rings. The topological polar surface area (TPSA) is 88.4 Å². The van der Waals surface area contributed by atoms with E-state index in [-0.39, 0.29) is 5.56 Å². The Balaban J connectivity index is 1.69. The van der Waals surface area contributed by atoms with Crippen molar-refractivity contribution in [1.82, 2.24) is 19.5 Å². The summed E-state index contributed by atoms with van der Waals surface area (Å²) >= 11 is 0. The van der Waals surface area contributed by atoms with Gasteiger partial charge in [-0.2, -0.15) is 0 Å². The molecular weight excluding hydrogens is 372 g/mol. The van der Waals surface area contributed by atoms with Crippen LogP contribution in [0.15, 0.2) is 17.2 Å². The number of methoxy groups -OCH3 is 3. The van der Waals surface area contributed by atoms with Crippen molar-refractivity contribution < 1.29 is 14.2 Å². The number of fused-ring (bicyclic) bond motifs is 2. The molecule has 0 saturated carbocycles. The molecule has 1 aliphatic carbocycles. The maximum atomic E-state index is 13.1. The van der Waals surface area contributed by atoms with E-state index in [2.05, 4.69) is 9.97 Å². The van der Waals surface area contributed by atoms with Gasteiger partial charge in [-0.3, -0.25) is 9.36 Å². The first-order valence-corrected chi connectivity index (χ1v) is 9.60. The molecule has 2 aromatic heterocycles. The fourth-order valence-corrected chi connectivity index (χ4v) is 3.94. The molecule has 152 valence electrons. The predicted molar refractivity (Wildman–Crippen MR) is 108 cm³/mol. The molecule has 0 fully saturated rings. The van der Waals surface area contributed by atoms with Crippen molar-refractivity contribution in [1.29, 1.82) is 0 Å². The molecule has 8 nitrogen and oxygen atoms in total. The predicted octanol–water partition coefficient (Wildman–Crippen LogP) is 2.25. The lowest BCUT2D eigenvalue weighted by Gasteiger charge is -2.15. The zero-order valence-electron chi connectivity index (χ0n) is 17.1. The van der Waals surface area contributed by atoms with Gasteiger partial charge in [0.2, 0.25) is 5.75 Å². The summed E-state index contributed by atoms with van der Waals surface area (Å²) in [4.78, 5) is 26.8. The number of rotatable bonds is 6. The lowest BCUT2D eigenvalue weighted by Crippen LogP contribution is -2.22. The number of benzene rings is 1. The Hall–Kier alpha value is -3.16. The number of hydrogen-bond donors (Lipinski definition) is 0. The molecule has 0 saturated heterocycles. The van der Waals surface area contributed by atoms with Crippen LogP contribution in [0.25, 0.3) is 10.9 Å². The first-order valence-electron chi connectivity index (χ1n) is 9.60. The van der Waals surface area contributed by atoms with Crippen LogP contribution in [0.1, 0.15) is 29.2 Å². The van der Waals surface area contributed by atoms with Gasteiger partial charge < -0.3 is 14.2 Å². The summed E-state index contributed by atoms with van der Waals surface area (Å²) in [7, 11) is 4.55. The second kappa shape index (κ2) is 7.69. The maximum absolute atomic E-state index is 13.1. The minimum Gasteiger partial charge on any atom is -0.493 e. The van der Waals surface area contributed by atoms with Gasteiger partial charge in [0.25, 0.3) is 5.56 Å². The average Bonchev–Trinajstić information content (AvgIpc) is 3.21. The zero-order valence-corrected chi connectivity index (χ0v) is 17.1. The molecule has 29 heavy (non-hydrogen) atoms. The van der Waals surface area contributed by atoms with E-state index in [9.17, 15) is 4.79 Å². The minimum absolute atomic E-state index is 0.174. The van der Waals surface area contributed by atoms with Crippen molar-refractivity contribution in [2.75, 3.05) is 21.3 Å².